The van der Waals surface area contributed by atoms with Gasteiger partial charge in [-0.15, -0.1) is 0 Å². The van der Waals surface area contributed by atoms with E-state index in [2.05, 4.69) is 16.3 Å². The molecule has 4 rings (SSSR count). The fourth-order valence-corrected chi connectivity index (χ4v) is 5.86. The zero-order valence-electron chi connectivity index (χ0n) is 16.8. The summed E-state index contributed by atoms with van der Waals surface area (Å²) in [6, 6.07) is 12.4. The molecule has 2 aromatic rings. The van der Waals surface area contributed by atoms with E-state index in [1.165, 1.54) is 35.3 Å². The Morgan fingerprint density at radius 3 is 2.37 bits per heavy atom. The maximum atomic E-state index is 12.9. The van der Waals surface area contributed by atoms with Gasteiger partial charge in [-0.1, -0.05) is 29.8 Å². The van der Waals surface area contributed by atoms with E-state index < -0.39 is 10.0 Å². The van der Waals surface area contributed by atoms with Gasteiger partial charge in [0, 0.05) is 38.4 Å². The monoisotopic (exact) mass is 447 g/mol. The van der Waals surface area contributed by atoms with Gasteiger partial charge in [0.1, 0.15) is 0 Å². The van der Waals surface area contributed by atoms with Crippen LogP contribution >= 0.6 is 11.6 Å². The molecule has 0 spiro atoms. The van der Waals surface area contributed by atoms with Crippen LogP contribution in [0.5, 0.6) is 0 Å². The topological polar surface area (TPSA) is 69.7 Å². The van der Waals surface area contributed by atoms with Gasteiger partial charge < -0.3 is 10.2 Å². The highest BCUT2D eigenvalue weighted by molar-refractivity contribution is 7.89. The predicted molar refractivity (Wildman–Crippen MR) is 119 cm³/mol. The fraction of sp³-hybridized carbons (Fsp3) is 0.409. The SMILES string of the molecule is O=C(NCc1ccccc1N1CCCC1)c1cc(S(=O)(=O)N2CCCC2)ccc1Cl. The Labute approximate surface area is 182 Å². The Morgan fingerprint density at radius 2 is 1.63 bits per heavy atom. The lowest BCUT2D eigenvalue weighted by Crippen LogP contribution is -2.29. The van der Waals surface area contributed by atoms with Crippen LogP contribution in [0.3, 0.4) is 0 Å². The lowest BCUT2D eigenvalue weighted by Gasteiger charge is -2.21. The first-order valence-corrected chi connectivity index (χ1v) is 12.2. The Morgan fingerprint density at radius 1 is 0.967 bits per heavy atom. The zero-order valence-corrected chi connectivity index (χ0v) is 18.4. The first-order valence-electron chi connectivity index (χ1n) is 10.4. The Hall–Kier alpha value is -2.09. The average Bonchev–Trinajstić information content (AvgIpc) is 3.47. The smallest absolute Gasteiger partial charge is 0.253 e. The van der Waals surface area contributed by atoms with Crippen molar-refractivity contribution in [1.29, 1.82) is 0 Å². The highest BCUT2D eigenvalue weighted by Crippen LogP contribution is 2.27. The lowest BCUT2D eigenvalue weighted by molar-refractivity contribution is 0.0951. The maximum absolute atomic E-state index is 12.9. The van der Waals surface area contributed by atoms with Crippen LogP contribution in [-0.2, 0) is 16.6 Å². The molecule has 2 heterocycles. The van der Waals surface area contributed by atoms with E-state index in [1.807, 2.05) is 18.2 Å². The third-order valence-electron chi connectivity index (χ3n) is 5.76. The molecule has 0 saturated carbocycles. The van der Waals surface area contributed by atoms with Crippen LogP contribution in [0.25, 0.3) is 0 Å². The summed E-state index contributed by atoms with van der Waals surface area (Å²) in [5.41, 5.74) is 2.34. The van der Waals surface area contributed by atoms with Gasteiger partial charge in [-0.05, 0) is 55.5 Å². The number of anilines is 1. The molecule has 2 aliphatic rings. The number of halogens is 1. The van der Waals surface area contributed by atoms with E-state index >= 15 is 0 Å². The summed E-state index contributed by atoms with van der Waals surface area (Å²) >= 11 is 6.24. The Balaban J connectivity index is 1.52. The maximum Gasteiger partial charge on any atom is 0.253 e. The Kier molecular flexibility index (Phi) is 6.32. The van der Waals surface area contributed by atoms with Gasteiger partial charge in [0.05, 0.1) is 15.5 Å². The summed E-state index contributed by atoms with van der Waals surface area (Å²) in [6.07, 6.45) is 4.07. The first kappa shape index (κ1) is 21.2. The molecule has 6 nitrogen and oxygen atoms in total. The summed E-state index contributed by atoms with van der Waals surface area (Å²) < 4.78 is 27.1. The minimum Gasteiger partial charge on any atom is -0.371 e. The standard InChI is InChI=1S/C22H26ClN3O3S/c23-20-10-9-18(30(28,29)26-13-5-6-14-26)15-19(20)22(27)24-16-17-7-1-2-8-21(17)25-11-3-4-12-25/h1-2,7-10,15H,3-6,11-14,16H2,(H,24,27). The van der Waals surface area contributed by atoms with Gasteiger partial charge in [0.2, 0.25) is 10.0 Å². The normalized spacial score (nSPS) is 17.4. The number of amides is 1. The van der Waals surface area contributed by atoms with E-state index in [0.717, 1.165) is 37.2 Å². The molecule has 160 valence electrons. The molecule has 1 N–H and O–H groups in total. The van der Waals surface area contributed by atoms with E-state index in [0.29, 0.717) is 19.6 Å². The van der Waals surface area contributed by atoms with Crippen LogP contribution in [0.2, 0.25) is 5.02 Å². The molecule has 1 amide bonds. The lowest BCUT2D eigenvalue weighted by atomic mass is 10.1. The van der Waals surface area contributed by atoms with Gasteiger partial charge in [-0.3, -0.25) is 4.79 Å². The predicted octanol–water partition coefficient (Wildman–Crippen LogP) is 3.65. The van der Waals surface area contributed by atoms with E-state index in [4.69, 9.17) is 11.6 Å². The molecule has 2 aromatic carbocycles. The van der Waals surface area contributed by atoms with Crippen molar-refractivity contribution < 1.29 is 13.2 Å². The molecule has 8 heteroatoms. The van der Waals surface area contributed by atoms with Crippen molar-refractivity contribution in [1.82, 2.24) is 9.62 Å². The minimum atomic E-state index is -3.61. The minimum absolute atomic E-state index is 0.108. The van der Waals surface area contributed by atoms with Crippen LogP contribution in [0.1, 0.15) is 41.6 Å². The average molecular weight is 448 g/mol. The van der Waals surface area contributed by atoms with Gasteiger partial charge in [0.15, 0.2) is 0 Å². The molecule has 0 radical (unpaired) electrons. The van der Waals surface area contributed by atoms with Crippen molar-refractivity contribution in [2.24, 2.45) is 0 Å². The largest absolute Gasteiger partial charge is 0.371 e. The van der Waals surface area contributed by atoms with Crippen LogP contribution in [0.15, 0.2) is 47.4 Å². The van der Waals surface area contributed by atoms with E-state index in [-0.39, 0.29) is 21.4 Å². The summed E-state index contributed by atoms with van der Waals surface area (Å²) in [5.74, 6) is -0.380. The second-order valence-electron chi connectivity index (χ2n) is 7.76. The molecule has 0 bridgehead atoms. The quantitative estimate of drug-likeness (QED) is 0.733. The molecule has 0 atom stereocenters. The number of nitrogens with zero attached hydrogens (tertiary/aromatic N) is 2. The number of sulfonamides is 1. The van der Waals surface area contributed by atoms with Gasteiger partial charge in [0.25, 0.3) is 5.91 Å². The number of hydrogen-bond acceptors (Lipinski definition) is 4. The molecular weight excluding hydrogens is 422 g/mol. The third kappa shape index (κ3) is 4.33. The number of para-hydroxylation sites is 1. The van der Waals surface area contributed by atoms with Crippen LogP contribution in [-0.4, -0.2) is 44.8 Å². The molecular formula is C22H26ClN3O3S. The van der Waals surface area contributed by atoms with Crippen LogP contribution < -0.4 is 10.2 Å². The third-order valence-corrected chi connectivity index (χ3v) is 7.99. The summed E-state index contributed by atoms with van der Waals surface area (Å²) in [4.78, 5) is 15.3. The van der Waals surface area contributed by atoms with Crippen molar-refractivity contribution in [2.75, 3.05) is 31.1 Å². The van der Waals surface area contributed by atoms with Crippen molar-refractivity contribution >= 4 is 33.2 Å². The number of hydrogen-bond donors (Lipinski definition) is 1. The second-order valence-corrected chi connectivity index (χ2v) is 10.1. The number of nitrogens with one attached hydrogen (secondary N) is 1. The van der Waals surface area contributed by atoms with Crippen molar-refractivity contribution in [3.63, 3.8) is 0 Å². The van der Waals surface area contributed by atoms with E-state index in [9.17, 15) is 13.2 Å². The van der Waals surface area contributed by atoms with E-state index in [1.54, 1.807) is 0 Å². The van der Waals surface area contributed by atoms with Crippen LogP contribution in [0.4, 0.5) is 5.69 Å². The fourth-order valence-electron chi connectivity index (χ4n) is 4.11. The number of rotatable bonds is 6. The zero-order chi connectivity index (χ0) is 21.1. The van der Waals surface area contributed by atoms with Crippen molar-refractivity contribution in [3.05, 3.63) is 58.6 Å². The molecule has 0 unspecified atom stereocenters. The molecule has 0 aromatic heterocycles. The summed E-state index contributed by atoms with van der Waals surface area (Å²) in [6.45, 7) is 3.42. The summed E-state index contributed by atoms with van der Waals surface area (Å²) in [5, 5.41) is 3.15. The molecule has 2 fully saturated rings. The number of carbonyl (C=O) groups is 1. The highest BCUT2D eigenvalue weighted by Gasteiger charge is 2.28. The molecule has 30 heavy (non-hydrogen) atoms. The van der Waals surface area contributed by atoms with Gasteiger partial charge >= 0.3 is 0 Å². The highest BCUT2D eigenvalue weighted by atomic mass is 35.5. The molecule has 2 aliphatic heterocycles. The summed E-state index contributed by atoms with van der Waals surface area (Å²) in [7, 11) is -3.61. The first-order chi connectivity index (χ1) is 14.5. The van der Waals surface area contributed by atoms with Crippen molar-refractivity contribution in [2.45, 2.75) is 37.1 Å². The van der Waals surface area contributed by atoms with Crippen molar-refractivity contribution in [3.8, 4) is 0 Å². The molecule has 2 saturated heterocycles. The second kappa shape index (κ2) is 8.96. The number of benzene rings is 2. The van der Waals surface area contributed by atoms with Gasteiger partial charge in [-0.25, -0.2) is 8.42 Å². The molecule has 0 aliphatic carbocycles. The number of carbonyl (C=O) groups excluding carboxylic acids is 1. The van der Waals surface area contributed by atoms with Gasteiger partial charge in [-0.2, -0.15) is 4.31 Å². The van der Waals surface area contributed by atoms with Crippen LogP contribution in [0, 0.1) is 0 Å². The Bertz CT molecular complexity index is 1030.